The molecule has 1 atom stereocenters. The van der Waals surface area contributed by atoms with Gasteiger partial charge in [-0.1, -0.05) is 12.1 Å². The molecule has 0 bridgehead atoms. The van der Waals surface area contributed by atoms with Crippen LogP contribution in [0.2, 0.25) is 0 Å². The molecule has 21 heavy (non-hydrogen) atoms. The normalized spacial score (nSPS) is 13.4. The predicted octanol–water partition coefficient (Wildman–Crippen LogP) is 3.29. The Balaban J connectivity index is 2.43. The summed E-state index contributed by atoms with van der Waals surface area (Å²) in [6, 6.07) is 7.53. The van der Waals surface area contributed by atoms with Crippen LogP contribution >= 0.6 is 11.6 Å². The number of amides is 1. The third-order valence-corrected chi connectivity index (χ3v) is 3.44. The molecule has 2 aromatic rings. The molecule has 1 amide bonds. The third-order valence-electron chi connectivity index (χ3n) is 3.25. The van der Waals surface area contributed by atoms with Gasteiger partial charge in [-0.25, -0.2) is 4.98 Å². The van der Waals surface area contributed by atoms with Crippen molar-refractivity contribution in [2.24, 2.45) is 0 Å². The third kappa shape index (κ3) is 3.56. The highest BCUT2D eigenvalue weighted by Gasteiger charge is 2.24. The summed E-state index contributed by atoms with van der Waals surface area (Å²) in [7, 11) is 0. The Morgan fingerprint density at radius 1 is 1.38 bits per heavy atom. The summed E-state index contributed by atoms with van der Waals surface area (Å²) in [6.07, 6.45) is 0.642. The van der Waals surface area contributed by atoms with E-state index in [0.29, 0.717) is 12.3 Å². The average molecular weight is 308 g/mol. The van der Waals surface area contributed by atoms with Gasteiger partial charge in [-0.2, -0.15) is 0 Å². The molecule has 2 rings (SSSR count). The predicted molar refractivity (Wildman–Crippen MR) is 86.8 cm³/mol. The van der Waals surface area contributed by atoms with Gasteiger partial charge < -0.3 is 9.88 Å². The summed E-state index contributed by atoms with van der Waals surface area (Å²) in [5.41, 5.74) is 1.61. The second-order valence-electron chi connectivity index (χ2n) is 6.24. The maximum Gasteiger partial charge on any atom is 0.243 e. The molecule has 0 fully saturated rings. The average Bonchev–Trinajstić information content (AvgIpc) is 2.74. The van der Waals surface area contributed by atoms with Gasteiger partial charge in [0.1, 0.15) is 11.9 Å². The van der Waals surface area contributed by atoms with Crippen molar-refractivity contribution in [1.29, 1.82) is 0 Å². The van der Waals surface area contributed by atoms with Crippen LogP contribution in [0.15, 0.2) is 24.3 Å². The largest absolute Gasteiger partial charge is 0.350 e. The number of carbonyl (C=O) groups excluding carboxylic acids is 1. The number of hydrogen-bond donors (Lipinski definition) is 1. The maximum atomic E-state index is 12.5. The minimum Gasteiger partial charge on any atom is -0.350 e. The summed E-state index contributed by atoms with van der Waals surface area (Å²) in [5.74, 6) is 1.32. The number of imidazole rings is 1. The number of rotatable bonds is 4. The quantitative estimate of drug-likeness (QED) is 0.881. The van der Waals surface area contributed by atoms with E-state index in [9.17, 15) is 4.79 Å². The number of aryl methyl sites for hydroxylation is 1. The zero-order chi connectivity index (χ0) is 15.6. The molecule has 0 aliphatic heterocycles. The van der Waals surface area contributed by atoms with Crippen LogP contribution in [0, 0.1) is 0 Å². The molecule has 0 radical (unpaired) electrons. The second kappa shape index (κ2) is 6.06. The number of nitrogens with one attached hydrogen (secondary N) is 1. The Bertz CT molecular complexity index is 642. The van der Waals surface area contributed by atoms with E-state index >= 15 is 0 Å². The maximum absolute atomic E-state index is 12.5. The lowest BCUT2D eigenvalue weighted by Crippen LogP contribution is -2.44. The van der Waals surface area contributed by atoms with Crippen molar-refractivity contribution in [3.05, 3.63) is 30.1 Å². The Morgan fingerprint density at radius 3 is 2.67 bits per heavy atom. The smallest absolute Gasteiger partial charge is 0.243 e. The molecule has 4 nitrogen and oxygen atoms in total. The highest BCUT2D eigenvalue weighted by molar-refractivity contribution is 6.17. The number of halogens is 1. The van der Waals surface area contributed by atoms with Crippen LogP contribution in [0.1, 0.15) is 39.6 Å². The van der Waals surface area contributed by atoms with E-state index < -0.39 is 0 Å². The molecule has 1 N–H and O–H groups in total. The fourth-order valence-electron chi connectivity index (χ4n) is 2.38. The van der Waals surface area contributed by atoms with Gasteiger partial charge in [0.25, 0.3) is 0 Å². The highest BCUT2D eigenvalue weighted by atomic mass is 35.5. The fraction of sp³-hybridized carbons (Fsp3) is 0.500. The molecule has 0 saturated carbocycles. The molecule has 1 aromatic carbocycles. The number of carbonyl (C=O) groups is 1. The van der Waals surface area contributed by atoms with Crippen molar-refractivity contribution in [3.8, 4) is 0 Å². The van der Waals surface area contributed by atoms with Crippen LogP contribution in [-0.4, -0.2) is 26.9 Å². The van der Waals surface area contributed by atoms with E-state index in [0.717, 1.165) is 16.9 Å². The number of alkyl halides is 1. The molecule has 0 aliphatic carbocycles. The lowest BCUT2D eigenvalue weighted by molar-refractivity contribution is -0.125. The van der Waals surface area contributed by atoms with Gasteiger partial charge in [0.2, 0.25) is 5.91 Å². The number of nitrogens with zero attached hydrogens (tertiary/aromatic N) is 2. The van der Waals surface area contributed by atoms with Gasteiger partial charge in [-0.15, -0.1) is 11.6 Å². The van der Waals surface area contributed by atoms with Crippen LogP contribution in [-0.2, 0) is 11.2 Å². The topological polar surface area (TPSA) is 46.9 Å². The first kappa shape index (κ1) is 15.8. The summed E-state index contributed by atoms with van der Waals surface area (Å²) in [4.78, 5) is 17.1. The van der Waals surface area contributed by atoms with Gasteiger partial charge in [-0.05, 0) is 39.8 Å². The van der Waals surface area contributed by atoms with E-state index in [2.05, 4.69) is 10.3 Å². The molecule has 1 aromatic heterocycles. The zero-order valence-corrected chi connectivity index (χ0v) is 13.7. The van der Waals surface area contributed by atoms with Gasteiger partial charge in [0.05, 0.1) is 11.0 Å². The first-order valence-corrected chi connectivity index (χ1v) is 7.71. The second-order valence-corrected chi connectivity index (χ2v) is 6.62. The Hall–Kier alpha value is -1.55. The summed E-state index contributed by atoms with van der Waals surface area (Å²) >= 11 is 5.87. The Morgan fingerprint density at radius 2 is 2.05 bits per heavy atom. The minimum absolute atomic E-state index is 0.0125. The number of fused-ring (bicyclic) bond motifs is 1. The van der Waals surface area contributed by atoms with Crippen LogP contribution in [0.5, 0.6) is 0 Å². The summed E-state index contributed by atoms with van der Waals surface area (Å²) < 4.78 is 1.98. The van der Waals surface area contributed by atoms with E-state index in [1.54, 1.807) is 0 Å². The van der Waals surface area contributed by atoms with E-state index in [-0.39, 0.29) is 17.5 Å². The van der Waals surface area contributed by atoms with E-state index in [1.165, 1.54) is 0 Å². The number of benzene rings is 1. The molecule has 1 unspecified atom stereocenters. The van der Waals surface area contributed by atoms with Crippen LogP contribution in [0.4, 0.5) is 0 Å². The van der Waals surface area contributed by atoms with Gasteiger partial charge >= 0.3 is 0 Å². The lowest BCUT2D eigenvalue weighted by atomic mass is 10.1. The lowest BCUT2D eigenvalue weighted by Gasteiger charge is -2.25. The van der Waals surface area contributed by atoms with E-state index in [1.807, 2.05) is 56.5 Å². The molecule has 1 heterocycles. The van der Waals surface area contributed by atoms with Crippen molar-refractivity contribution in [2.45, 2.75) is 45.7 Å². The van der Waals surface area contributed by atoms with E-state index in [4.69, 9.17) is 11.6 Å². The Labute approximate surface area is 130 Å². The molecule has 5 heteroatoms. The number of hydrogen-bond acceptors (Lipinski definition) is 2. The van der Waals surface area contributed by atoms with Crippen molar-refractivity contribution >= 4 is 28.5 Å². The number of para-hydroxylation sites is 2. The first-order chi connectivity index (χ1) is 9.83. The van der Waals surface area contributed by atoms with Crippen molar-refractivity contribution in [3.63, 3.8) is 0 Å². The molecule has 0 aliphatic rings. The van der Waals surface area contributed by atoms with Crippen molar-refractivity contribution in [2.75, 3.05) is 5.88 Å². The van der Waals surface area contributed by atoms with Crippen molar-refractivity contribution < 1.29 is 4.79 Å². The molecule has 114 valence electrons. The summed E-state index contributed by atoms with van der Waals surface area (Å²) in [6.45, 7) is 7.82. The minimum atomic E-state index is -0.324. The zero-order valence-electron chi connectivity index (χ0n) is 13.0. The standard InChI is InChI=1S/C16H22ClN3O/c1-11(15(21)19-16(2,3)4)20-13-8-6-5-7-12(13)18-14(20)9-10-17/h5-8,11H,9-10H2,1-4H3,(H,19,21). The Kier molecular flexibility index (Phi) is 4.57. The monoisotopic (exact) mass is 307 g/mol. The van der Waals surface area contributed by atoms with Crippen LogP contribution in [0.3, 0.4) is 0 Å². The SMILES string of the molecule is CC(C(=O)NC(C)(C)C)n1c(CCCl)nc2ccccc21. The van der Waals surface area contributed by atoms with Gasteiger partial charge in [0.15, 0.2) is 0 Å². The molecular weight excluding hydrogens is 286 g/mol. The molecular formula is C16H22ClN3O. The van der Waals surface area contributed by atoms with Gasteiger partial charge in [-0.3, -0.25) is 4.79 Å². The number of aromatic nitrogens is 2. The van der Waals surface area contributed by atoms with Gasteiger partial charge in [0, 0.05) is 17.8 Å². The first-order valence-electron chi connectivity index (χ1n) is 7.17. The van der Waals surface area contributed by atoms with Crippen molar-refractivity contribution in [1.82, 2.24) is 14.9 Å². The molecule has 0 spiro atoms. The van der Waals surface area contributed by atoms with Crippen LogP contribution in [0.25, 0.3) is 11.0 Å². The summed E-state index contributed by atoms with van der Waals surface area (Å²) in [5, 5.41) is 3.02. The highest BCUT2D eigenvalue weighted by Crippen LogP contribution is 2.22. The van der Waals surface area contributed by atoms with Crippen LogP contribution < -0.4 is 5.32 Å². The molecule has 0 saturated heterocycles. The fourth-order valence-corrected chi connectivity index (χ4v) is 2.55.